The Bertz CT molecular complexity index is 589. The minimum atomic E-state index is -0.151. The molecular formula is C17H17NO2. The minimum Gasteiger partial charge on any atom is -0.294 e. The maximum atomic E-state index is 12.7. The fourth-order valence-electron chi connectivity index (χ4n) is 4.07. The number of rotatable bonds is 0. The highest BCUT2D eigenvalue weighted by atomic mass is 16.1. The largest absolute Gasteiger partial charge is 0.294 e. The zero-order chi connectivity index (χ0) is 13.7. The standard InChI is InChI=1S/C17H17NO2/c19-16-12-6-3-7-18-15(12)17(20)14-9-11-5-2-1-4-10(11)8-13(14)16/h3,6-7,13-14H,1-2,4-5,8-9H2/t13-,14-/m0/s1. The quantitative estimate of drug-likeness (QED) is 0.677. The van der Waals surface area contributed by atoms with Crippen molar-refractivity contribution in [3.63, 3.8) is 0 Å². The van der Waals surface area contributed by atoms with Crippen LogP contribution < -0.4 is 0 Å². The van der Waals surface area contributed by atoms with Gasteiger partial charge in [0, 0.05) is 23.6 Å². The lowest BCUT2D eigenvalue weighted by molar-refractivity contribution is 0.0712. The zero-order valence-electron chi connectivity index (χ0n) is 11.4. The molecule has 20 heavy (non-hydrogen) atoms. The first-order chi connectivity index (χ1) is 9.75. The second kappa shape index (κ2) is 4.37. The number of Topliss-reactive ketones (excluding diaryl/α,β-unsaturated/α-hetero) is 2. The molecule has 3 heteroatoms. The molecule has 0 N–H and O–H groups in total. The third-order valence-electron chi connectivity index (χ3n) is 5.11. The van der Waals surface area contributed by atoms with Crippen molar-refractivity contribution in [3.05, 3.63) is 40.7 Å². The summed E-state index contributed by atoms with van der Waals surface area (Å²) in [5, 5.41) is 0. The molecular weight excluding hydrogens is 250 g/mol. The zero-order valence-corrected chi connectivity index (χ0v) is 11.4. The molecule has 0 saturated carbocycles. The van der Waals surface area contributed by atoms with Gasteiger partial charge in [0.25, 0.3) is 0 Å². The smallest absolute Gasteiger partial charge is 0.186 e. The fourth-order valence-corrected chi connectivity index (χ4v) is 4.07. The highest BCUT2D eigenvalue weighted by Gasteiger charge is 2.45. The molecule has 4 rings (SSSR count). The Morgan fingerprint density at radius 1 is 0.950 bits per heavy atom. The molecule has 3 aliphatic rings. The Morgan fingerprint density at radius 3 is 2.30 bits per heavy atom. The summed E-state index contributed by atoms with van der Waals surface area (Å²) in [6.45, 7) is 0. The lowest BCUT2D eigenvalue weighted by atomic mass is 9.65. The van der Waals surface area contributed by atoms with Crippen LogP contribution in [0.4, 0.5) is 0 Å². The second-order valence-corrected chi connectivity index (χ2v) is 6.16. The summed E-state index contributed by atoms with van der Waals surface area (Å²) >= 11 is 0. The average molecular weight is 267 g/mol. The van der Waals surface area contributed by atoms with Crippen LogP contribution in [0.15, 0.2) is 29.5 Å². The van der Waals surface area contributed by atoms with Crippen LogP contribution >= 0.6 is 0 Å². The van der Waals surface area contributed by atoms with Gasteiger partial charge in [-0.3, -0.25) is 14.6 Å². The summed E-state index contributed by atoms with van der Waals surface area (Å²) in [6.07, 6.45) is 7.91. The molecule has 0 radical (unpaired) electrons. The topological polar surface area (TPSA) is 47.0 Å². The molecule has 0 fully saturated rings. The molecule has 0 aliphatic heterocycles. The molecule has 3 nitrogen and oxygen atoms in total. The van der Waals surface area contributed by atoms with E-state index in [9.17, 15) is 9.59 Å². The first-order valence-electron chi connectivity index (χ1n) is 7.49. The molecule has 3 aliphatic carbocycles. The van der Waals surface area contributed by atoms with Crippen molar-refractivity contribution in [3.8, 4) is 0 Å². The highest BCUT2D eigenvalue weighted by Crippen LogP contribution is 2.45. The fraction of sp³-hybridized carbons (Fsp3) is 0.471. The Morgan fingerprint density at radius 2 is 1.60 bits per heavy atom. The SMILES string of the molecule is O=C1c2cccnc2C(=O)[C@H]2CC3=C(CCCC3)C[C@H]12. The number of hydrogen-bond donors (Lipinski definition) is 0. The van der Waals surface area contributed by atoms with Crippen molar-refractivity contribution in [1.82, 2.24) is 4.98 Å². The number of nitrogens with zero attached hydrogens (tertiary/aromatic N) is 1. The summed E-state index contributed by atoms with van der Waals surface area (Å²) in [5.41, 5.74) is 3.86. The number of aromatic nitrogens is 1. The van der Waals surface area contributed by atoms with Gasteiger partial charge in [-0.1, -0.05) is 11.1 Å². The number of ketones is 2. The van der Waals surface area contributed by atoms with E-state index in [-0.39, 0.29) is 23.4 Å². The molecule has 0 aromatic carbocycles. The number of fused-ring (bicyclic) bond motifs is 2. The van der Waals surface area contributed by atoms with Crippen LogP contribution in [-0.2, 0) is 0 Å². The van der Waals surface area contributed by atoms with E-state index in [1.807, 2.05) is 0 Å². The first kappa shape index (κ1) is 12.0. The van der Waals surface area contributed by atoms with Gasteiger partial charge in [-0.15, -0.1) is 0 Å². The predicted octanol–water partition coefficient (Wildman–Crippen LogP) is 3.36. The Kier molecular flexibility index (Phi) is 2.62. The van der Waals surface area contributed by atoms with E-state index >= 15 is 0 Å². The summed E-state index contributed by atoms with van der Waals surface area (Å²) in [5.74, 6) is -0.0602. The highest BCUT2D eigenvalue weighted by molar-refractivity contribution is 6.15. The van der Waals surface area contributed by atoms with Gasteiger partial charge in [-0.25, -0.2) is 0 Å². The van der Waals surface area contributed by atoms with Gasteiger partial charge in [0.15, 0.2) is 11.6 Å². The summed E-state index contributed by atoms with van der Waals surface area (Å²) in [7, 11) is 0. The van der Waals surface area contributed by atoms with E-state index in [1.165, 1.54) is 24.0 Å². The monoisotopic (exact) mass is 267 g/mol. The van der Waals surface area contributed by atoms with E-state index in [1.54, 1.807) is 18.3 Å². The molecule has 102 valence electrons. The van der Waals surface area contributed by atoms with Crippen molar-refractivity contribution in [2.75, 3.05) is 0 Å². The molecule has 1 aromatic rings. The van der Waals surface area contributed by atoms with Gasteiger partial charge in [0.2, 0.25) is 0 Å². The lowest BCUT2D eigenvalue weighted by Crippen LogP contribution is -2.40. The molecule has 0 unspecified atom stereocenters. The average Bonchev–Trinajstić information content (AvgIpc) is 2.51. The van der Waals surface area contributed by atoms with Gasteiger partial charge in [0.1, 0.15) is 5.69 Å². The van der Waals surface area contributed by atoms with E-state index < -0.39 is 0 Å². The Labute approximate surface area is 118 Å². The number of hydrogen-bond acceptors (Lipinski definition) is 3. The van der Waals surface area contributed by atoms with Crippen LogP contribution in [0.1, 0.15) is 59.4 Å². The molecule has 1 heterocycles. The van der Waals surface area contributed by atoms with Gasteiger partial charge in [0.05, 0.1) is 0 Å². The van der Waals surface area contributed by atoms with Crippen LogP contribution in [0.2, 0.25) is 0 Å². The van der Waals surface area contributed by atoms with Crippen LogP contribution in [0, 0.1) is 11.8 Å². The van der Waals surface area contributed by atoms with Crippen LogP contribution in [-0.4, -0.2) is 16.6 Å². The third-order valence-corrected chi connectivity index (χ3v) is 5.11. The van der Waals surface area contributed by atoms with Crippen molar-refractivity contribution in [2.45, 2.75) is 38.5 Å². The molecule has 0 amide bonds. The number of allylic oxidation sites excluding steroid dienone is 2. The maximum Gasteiger partial charge on any atom is 0.186 e. The third kappa shape index (κ3) is 1.62. The van der Waals surface area contributed by atoms with Crippen LogP contribution in [0.25, 0.3) is 0 Å². The number of pyridine rings is 1. The van der Waals surface area contributed by atoms with E-state index in [0.29, 0.717) is 11.3 Å². The molecule has 0 spiro atoms. The molecule has 2 atom stereocenters. The van der Waals surface area contributed by atoms with E-state index in [4.69, 9.17) is 0 Å². The number of carbonyl (C=O) groups is 2. The molecule has 0 saturated heterocycles. The predicted molar refractivity (Wildman–Crippen MR) is 74.6 cm³/mol. The molecule has 1 aromatic heterocycles. The van der Waals surface area contributed by atoms with Gasteiger partial charge in [-0.2, -0.15) is 0 Å². The Balaban J connectivity index is 1.78. The summed E-state index contributed by atoms with van der Waals surface area (Å²) < 4.78 is 0. The minimum absolute atomic E-state index is 0.0855. The van der Waals surface area contributed by atoms with E-state index in [2.05, 4.69) is 4.98 Å². The van der Waals surface area contributed by atoms with Crippen molar-refractivity contribution in [2.24, 2.45) is 11.8 Å². The first-order valence-corrected chi connectivity index (χ1v) is 7.49. The van der Waals surface area contributed by atoms with Crippen molar-refractivity contribution >= 4 is 11.6 Å². The number of carbonyl (C=O) groups excluding carboxylic acids is 2. The lowest BCUT2D eigenvalue weighted by Gasteiger charge is -2.37. The van der Waals surface area contributed by atoms with Gasteiger partial charge >= 0.3 is 0 Å². The normalized spacial score (nSPS) is 28.8. The van der Waals surface area contributed by atoms with Crippen molar-refractivity contribution in [1.29, 1.82) is 0 Å². The molecule has 0 bridgehead atoms. The van der Waals surface area contributed by atoms with Crippen LogP contribution in [0.3, 0.4) is 0 Å². The van der Waals surface area contributed by atoms with Gasteiger partial charge < -0.3 is 0 Å². The second-order valence-electron chi connectivity index (χ2n) is 6.16. The van der Waals surface area contributed by atoms with Crippen LogP contribution in [0.5, 0.6) is 0 Å². The Hall–Kier alpha value is -1.77. The van der Waals surface area contributed by atoms with Gasteiger partial charge in [-0.05, 0) is 50.7 Å². The summed E-state index contributed by atoms with van der Waals surface area (Å²) in [4.78, 5) is 29.4. The van der Waals surface area contributed by atoms with Crippen molar-refractivity contribution < 1.29 is 9.59 Å². The maximum absolute atomic E-state index is 12.7. The summed E-state index contributed by atoms with van der Waals surface area (Å²) in [6, 6.07) is 3.50. The van der Waals surface area contributed by atoms with E-state index in [0.717, 1.165) is 25.7 Å².